The number of aromatic nitrogens is 2. The van der Waals surface area contributed by atoms with Gasteiger partial charge in [-0.1, -0.05) is 179 Å². The van der Waals surface area contributed by atoms with Crippen molar-refractivity contribution in [2.45, 2.75) is 51.4 Å². The second-order valence-corrected chi connectivity index (χ2v) is 20.4. The number of hydrogen-bond acceptors (Lipinski definition) is 0. The molecule has 0 bridgehead atoms. The van der Waals surface area contributed by atoms with Gasteiger partial charge < -0.3 is 9.13 Å². The number of nitrogens with zero attached hydrogens (tertiary/aromatic N) is 2. The van der Waals surface area contributed by atoms with Gasteiger partial charge in [-0.2, -0.15) is 0 Å². The summed E-state index contributed by atoms with van der Waals surface area (Å²) in [6, 6.07) is 73.0. The highest BCUT2D eigenvalue weighted by Gasteiger charge is 2.38. The van der Waals surface area contributed by atoms with Crippen LogP contribution in [0.4, 0.5) is 0 Å². The van der Waals surface area contributed by atoms with Gasteiger partial charge in [-0.05, 0) is 145 Å². The molecule has 0 N–H and O–H groups in total. The van der Waals surface area contributed by atoms with Crippen LogP contribution in [0.2, 0.25) is 0 Å². The van der Waals surface area contributed by atoms with Crippen molar-refractivity contribution >= 4 is 54.9 Å². The van der Waals surface area contributed by atoms with Crippen LogP contribution in [0.15, 0.2) is 206 Å². The van der Waals surface area contributed by atoms with Crippen molar-refractivity contribution in [3.8, 4) is 50.2 Å². The highest BCUT2D eigenvalue weighted by molar-refractivity contribution is 6.14. The Morgan fingerprint density at radius 2 is 0.779 bits per heavy atom. The first kappa shape index (κ1) is 39.2. The number of hydrogen-bond donors (Lipinski definition) is 0. The largest absolute Gasteiger partial charge is 0.313 e. The first-order valence-electron chi connectivity index (χ1n) is 24.3. The molecule has 0 amide bonds. The Hall–Kier alpha value is -7.94. The molecule has 3 aliphatic carbocycles. The van der Waals surface area contributed by atoms with E-state index in [1.54, 1.807) is 0 Å². The number of allylic oxidation sites excluding steroid dienone is 4. The molecule has 2 nitrogen and oxygen atoms in total. The summed E-state index contributed by atoms with van der Waals surface area (Å²) in [7, 11) is 0. The van der Waals surface area contributed by atoms with E-state index in [1.165, 1.54) is 133 Å². The van der Waals surface area contributed by atoms with E-state index in [9.17, 15) is 0 Å². The Morgan fingerprint density at radius 1 is 0.324 bits per heavy atom. The third-order valence-electron chi connectivity index (χ3n) is 16.1. The van der Waals surface area contributed by atoms with Gasteiger partial charge in [0.05, 0.1) is 22.1 Å². The summed E-state index contributed by atoms with van der Waals surface area (Å²) in [6.45, 7) is 9.54. The van der Waals surface area contributed by atoms with E-state index in [2.05, 4.69) is 243 Å². The van der Waals surface area contributed by atoms with Crippen molar-refractivity contribution in [2.75, 3.05) is 0 Å². The summed E-state index contributed by atoms with van der Waals surface area (Å²) in [5.74, 6) is 0. The molecule has 0 atom stereocenters. The van der Waals surface area contributed by atoms with Gasteiger partial charge in [0, 0.05) is 43.8 Å². The predicted octanol–water partition coefficient (Wildman–Crippen LogP) is 17.6. The molecule has 0 radical (unpaired) electrons. The topological polar surface area (TPSA) is 9.86 Å². The van der Waals surface area contributed by atoms with Crippen LogP contribution in [0, 0.1) is 0 Å². The first-order chi connectivity index (χ1) is 33.2. The maximum Gasteiger partial charge on any atom is 0.0547 e. The molecule has 14 rings (SSSR count). The third-order valence-corrected chi connectivity index (χ3v) is 16.1. The van der Waals surface area contributed by atoms with Gasteiger partial charge in [-0.3, -0.25) is 0 Å². The quantitative estimate of drug-likeness (QED) is 0.163. The maximum absolute atomic E-state index is 2.58. The highest BCUT2D eigenvalue weighted by Crippen LogP contribution is 2.53. The minimum Gasteiger partial charge on any atom is -0.313 e. The molecule has 0 saturated carbocycles. The molecule has 0 spiro atoms. The normalized spacial score (nSPS) is 15.4. The molecular formula is C66H50N2. The molecule has 2 aromatic heterocycles. The lowest BCUT2D eigenvalue weighted by Gasteiger charge is -2.22. The molecule has 324 valence electrons. The fourth-order valence-electron chi connectivity index (χ4n) is 12.5. The minimum absolute atomic E-state index is 0.0807. The molecule has 11 aromatic rings. The second-order valence-electron chi connectivity index (χ2n) is 20.4. The average molecular weight is 871 g/mol. The summed E-state index contributed by atoms with van der Waals surface area (Å²) < 4.78 is 5.09. The zero-order valence-corrected chi connectivity index (χ0v) is 38.9. The Labute approximate surface area is 397 Å². The molecule has 3 aliphatic rings. The van der Waals surface area contributed by atoms with Crippen molar-refractivity contribution in [1.82, 2.24) is 9.13 Å². The Balaban J connectivity index is 0.891. The molecule has 0 aliphatic heterocycles. The smallest absolute Gasteiger partial charge is 0.0547 e. The first-order valence-corrected chi connectivity index (χ1v) is 24.3. The van der Waals surface area contributed by atoms with Crippen molar-refractivity contribution < 1.29 is 0 Å². The highest BCUT2D eigenvalue weighted by atomic mass is 15.0. The van der Waals surface area contributed by atoms with Gasteiger partial charge in [0.2, 0.25) is 0 Å². The average Bonchev–Trinajstić information content (AvgIpc) is 4.03. The monoisotopic (exact) mass is 870 g/mol. The van der Waals surface area contributed by atoms with Crippen molar-refractivity contribution in [2.24, 2.45) is 0 Å². The van der Waals surface area contributed by atoms with Crippen LogP contribution < -0.4 is 0 Å². The molecule has 68 heavy (non-hydrogen) atoms. The van der Waals surface area contributed by atoms with E-state index < -0.39 is 0 Å². The van der Waals surface area contributed by atoms with Crippen LogP contribution >= 0.6 is 0 Å². The van der Waals surface area contributed by atoms with E-state index in [0.717, 1.165) is 12.8 Å². The SMILES string of the molecule is CC1(C)c2ccccc2-c2cc3c4ccc(-c5ccccc5)cc4n(C4=CC=C(c5ccc(-n6c7cc(-c8ccccc8)ccc7c7cc8c(cc76)C(C)(C)c6ccccc6-8)cc5)CC4)c3cc21. The zero-order valence-electron chi connectivity index (χ0n) is 38.9. The van der Waals surface area contributed by atoms with E-state index >= 15 is 0 Å². The van der Waals surface area contributed by atoms with Gasteiger partial charge >= 0.3 is 0 Å². The van der Waals surface area contributed by atoms with E-state index in [-0.39, 0.29) is 10.8 Å². The van der Waals surface area contributed by atoms with Gasteiger partial charge in [-0.25, -0.2) is 0 Å². The van der Waals surface area contributed by atoms with Gasteiger partial charge in [0.25, 0.3) is 0 Å². The maximum atomic E-state index is 2.58. The summed E-state index contributed by atoms with van der Waals surface area (Å²) in [5, 5.41) is 5.19. The number of fused-ring (bicyclic) bond motifs is 12. The van der Waals surface area contributed by atoms with Crippen molar-refractivity contribution in [3.63, 3.8) is 0 Å². The van der Waals surface area contributed by atoms with Crippen LogP contribution in [0.5, 0.6) is 0 Å². The molecule has 0 unspecified atom stereocenters. The summed E-state index contributed by atoms with van der Waals surface area (Å²) in [4.78, 5) is 0. The molecule has 0 fully saturated rings. The zero-order chi connectivity index (χ0) is 45.5. The lowest BCUT2D eigenvalue weighted by Crippen LogP contribution is -2.15. The standard InChI is InChI=1S/C66H50N2/c1-65(2)57-21-13-11-19-49(57)53-37-55-51-33-27-45(41-15-7-5-8-16-41)35-61(51)67(63(55)39-59(53)65)47-29-23-43(24-30-47)44-25-31-48(32-26-44)68-62-36-46(42-17-9-6-10-18-42)28-34-52(62)56-38-54-50-20-12-14-22-58(50)66(3,4)60(54)40-64(56)68/h5-25,27-31,33-40H,26,32H2,1-4H3. The van der Waals surface area contributed by atoms with Gasteiger partial charge in [-0.15, -0.1) is 0 Å². The van der Waals surface area contributed by atoms with Crippen LogP contribution in [-0.2, 0) is 10.8 Å². The Bertz CT molecular complexity index is 3980. The van der Waals surface area contributed by atoms with Crippen molar-refractivity contribution in [1.29, 1.82) is 0 Å². The molecule has 9 aromatic carbocycles. The van der Waals surface area contributed by atoms with Crippen LogP contribution in [0.25, 0.3) is 105 Å². The van der Waals surface area contributed by atoms with Crippen LogP contribution in [0.1, 0.15) is 68.4 Å². The van der Waals surface area contributed by atoms with Gasteiger partial charge in [0.15, 0.2) is 0 Å². The Morgan fingerprint density at radius 3 is 1.29 bits per heavy atom. The fraction of sp³-hybridized carbons (Fsp3) is 0.121. The summed E-state index contributed by atoms with van der Waals surface area (Å²) in [5.41, 5.74) is 26.0. The summed E-state index contributed by atoms with van der Waals surface area (Å²) in [6.07, 6.45) is 6.69. The number of rotatable bonds is 5. The van der Waals surface area contributed by atoms with Crippen molar-refractivity contribution in [3.05, 3.63) is 234 Å². The van der Waals surface area contributed by atoms with E-state index in [4.69, 9.17) is 0 Å². The van der Waals surface area contributed by atoms with Crippen LogP contribution in [0.3, 0.4) is 0 Å². The fourth-order valence-corrected chi connectivity index (χ4v) is 12.5. The molecule has 0 saturated heterocycles. The molecular weight excluding hydrogens is 821 g/mol. The third kappa shape index (κ3) is 5.58. The van der Waals surface area contributed by atoms with Gasteiger partial charge in [0.1, 0.15) is 0 Å². The number of benzene rings is 9. The molecule has 2 heteroatoms. The van der Waals surface area contributed by atoms with Crippen LogP contribution in [-0.4, -0.2) is 9.13 Å². The molecule has 2 heterocycles. The second kappa shape index (κ2) is 14.3. The predicted molar refractivity (Wildman–Crippen MR) is 288 cm³/mol. The van der Waals surface area contributed by atoms with E-state index in [0.29, 0.717) is 0 Å². The minimum atomic E-state index is -0.0911. The summed E-state index contributed by atoms with van der Waals surface area (Å²) >= 11 is 0. The lowest BCUT2D eigenvalue weighted by molar-refractivity contribution is 0.661. The Kier molecular flexibility index (Phi) is 8.24. The lowest BCUT2D eigenvalue weighted by atomic mass is 9.82. The van der Waals surface area contributed by atoms with E-state index in [1.807, 2.05) is 0 Å².